The first-order valence-electron chi connectivity index (χ1n) is 3.61. The van der Waals surface area contributed by atoms with Gasteiger partial charge in [0.15, 0.2) is 0 Å². The van der Waals surface area contributed by atoms with E-state index in [0.717, 1.165) is 12.0 Å². The molecule has 0 spiro atoms. The number of fused-ring (bicyclic) bond motifs is 1. The van der Waals surface area contributed by atoms with E-state index < -0.39 is 4.92 Å². The standard InChI is InChI=1S/C8H6ClNO2/c9-7-3-5-1-6(2-5)4-8(7)10(11)12/h1,3-5H,2H2. The van der Waals surface area contributed by atoms with Gasteiger partial charge in [-0.05, 0) is 12.0 Å². The molecule has 1 atom stereocenters. The third kappa shape index (κ3) is 1.06. The summed E-state index contributed by atoms with van der Waals surface area (Å²) in [5.41, 5.74) is 1.03. The minimum Gasteiger partial charge on any atom is -0.258 e. The first kappa shape index (κ1) is 7.55. The fourth-order valence-corrected chi connectivity index (χ4v) is 1.67. The van der Waals surface area contributed by atoms with Crippen molar-refractivity contribution in [2.75, 3.05) is 0 Å². The van der Waals surface area contributed by atoms with Crippen molar-refractivity contribution >= 4 is 11.6 Å². The largest absolute Gasteiger partial charge is 0.287 e. The van der Waals surface area contributed by atoms with E-state index in [9.17, 15) is 10.1 Å². The zero-order valence-electron chi connectivity index (χ0n) is 6.16. The normalized spacial score (nSPS) is 26.1. The predicted octanol–water partition coefficient (Wildman–Crippen LogP) is 2.23. The maximum absolute atomic E-state index is 10.5. The van der Waals surface area contributed by atoms with Crippen LogP contribution >= 0.6 is 11.6 Å². The Labute approximate surface area is 74.2 Å². The van der Waals surface area contributed by atoms with Crippen LogP contribution in [0.5, 0.6) is 0 Å². The SMILES string of the molecule is O=[N+]([O-])C1=CC2=CC(C=C1Cl)C2. The molecule has 3 nitrogen and oxygen atoms in total. The van der Waals surface area contributed by atoms with Gasteiger partial charge in [0.05, 0.1) is 4.92 Å². The summed E-state index contributed by atoms with van der Waals surface area (Å²) in [5, 5.41) is 10.7. The van der Waals surface area contributed by atoms with E-state index >= 15 is 0 Å². The topological polar surface area (TPSA) is 43.1 Å². The summed E-state index contributed by atoms with van der Waals surface area (Å²) in [4.78, 5) is 10.0. The molecule has 0 aromatic rings. The zero-order valence-corrected chi connectivity index (χ0v) is 6.91. The summed E-state index contributed by atoms with van der Waals surface area (Å²) in [6.07, 6.45) is 6.14. The van der Waals surface area contributed by atoms with E-state index in [4.69, 9.17) is 11.6 Å². The molecular weight excluding hydrogens is 178 g/mol. The van der Waals surface area contributed by atoms with Crippen molar-refractivity contribution in [1.29, 1.82) is 0 Å². The van der Waals surface area contributed by atoms with Crippen LogP contribution < -0.4 is 0 Å². The molecule has 0 aliphatic heterocycles. The molecule has 0 heterocycles. The van der Waals surface area contributed by atoms with Gasteiger partial charge >= 0.3 is 0 Å². The Morgan fingerprint density at radius 3 is 2.83 bits per heavy atom. The minimum atomic E-state index is -0.444. The fraction of sp³-hybridized carbons (Fsp3) is 0.250. The second-order valence-corrected chi connectivity index (χ2v) is 3.32. The van der Waals surface area contributed by atoms with Crippen molar-refractivity contribution in [1.82, 2.24) is 0 Å². The number of nitro groups is 1. The monoisotopic (exact) mass is 183 g/mol. The molecule has 0 saturated carbocycles. The molecule has 1 unspecified atom stereocenters. The molecule has 62 valence electrons. The van der Waals surface area contributed by atoms with Crippen LogP contribution in [-0.2, 0) is 0 Å². The molecule has 3 rings (SSSR count). The van der Waals surface area contributed by atoms with Crippen molar-refractivity contribution in [2.45, 2.75) is 6.42 Å². The lowest BCUT2D eigenvalue weighted by molar-refractivity contribution is -0.419. The van der Waals surface area contributed by atoms with E-state index in [1.54, 1.807) is 12.2 Å². The van der Waals surface area contributed by atoms with E-state index in [1.165, 1.54) is 0 Å². The number of halogens is 1. The first-order chi connectivity index (χ1) is 5.66. The number of hydrogen-bond donors (Lipinski definition) is 0. The third-order valence-electron chi connectivity index (χ3n) is 2.02. The summed E-state index contributed by atoms with van der Waals surface area (Å²) in [6, 6.07) is 0. The average molecular weight is 184 g/mol. The van der Waals surface area contributed by atoms with Crippen molar-refractivity contribution in [2.24, 2.45) is 5.92 Å². The quantitative estimate of drug-likeness (QED) is 0.462. The average Bonchev–Trinajstić information content (AvgIpc) is 2.13. The van der Waals surface area contributed by atoms with E-state index in [0.29, 0.717) is 5.92 Å². The smallest absolute Gasteiger partial charge is 0.258 e. The molecule has 0 N–H and O–H groups in total. The molecule has 0 amide bonds. The highest BCUT2D eigenvalue weighted by atomic mass is 35.5. The van der Waals surface area contributed by atoms with Gasteiger partial charge in [-0.2, -0.15) is 0 Å². The Bertz CT molecular complexity index is 341. The summed E-state index contributed by atoms with van der Waals surface area (Å²) in [5.74, 6) is 0.307. The van der Waals surface area contributed by atoms with Crippen molar-refractivity contribution in [3.63, 3.8) is 0 Å². The summed E-state index contributed by atoms with van der Waals surface area (Å²) in [7, 11) is 0. The summed E-state index contributed by atoms with van der Waals surface area (Å²) in [6.45, 7) is 0. The van der Waals surface area contributed by atoms with Crippen LogP contribution in [0.3, 0.4) is 0 Å². The van der Waals surface area contributed by atoms with Crippen molar-refractivity contribution < 1.29 is 4.92 Å². The molecule has 0 aromatic heterocycles. The highest BCUT2D eigenvalue weighted by Gasteiger charge is 2.26. The van der Waals surface area contributed by atoms with Crippen LogP contribution in [0.4, 0.5) is 0 Å². The molecule has 3 aliphatic rings. The molecule has 0 fully saturated rings. The molecule has 0 radical (unpaired) electrons. The summed E-state index contributed by atoms with van der Waals surface area (Å²) >= 11 is 5.72. The van der Waals surface area contributed by atoms with E-state index in [2.05, 4.69) is 0 Å². The van der Waals surface area contributed by atoms with Gasteiger partial charge in [0, 0.05) is 12.0 Å². The number of rotatable bonds is 1. The molecule has 0 saturated heterocycles. The van der Waals surface area contributed by atoms with Crippen LogP contribution in [0.25, 0.3) is 0 Å². The van der Waals surface area contributed by atoms with Gasteiger partial charge in [-0.1, -0.05) is 23.8 Å². The Hall–Kier alpha value is -1.09. The van der Waals surface area contributed by atoms with Crippen LogP contribution in [-0.4, -0.2) is 4.92 Å². The predicted molar refractivity (Wildman–Crippen MR) is 45.2 cm³/mol. The molecule has 12 heavy (non-hydrogen) atoms. The molecule has 0 aromatic carbocycles. The maximum atomic E-state index is 10.5. The van der Waals surface area contributed by atoms with Crippen LogP contribution in [0, 0.1) is 16.0 Å². The number of hydrogen-bond acceptors (Lipinski definition) is 2. The first-order valence-corrected chi connectivity index (χ1v) is 3.99. The van der Waals surface area contributed by atoms with Gasteiger partial charge in [-0.25, -0.2) is 0 Å². The molecule has 4 heteroatoms. The van der Waals surface area contributed by atoms with Gasteiger partial charge < -0.3 is 0 Å². The van der Waals surface area contributed by atoms with Crippen molar-refractivity contribution in [3.8, 4) is 0 Å². The van der Waals surface area contributed by atoms with Gasteiger partial charge in [0.25, 0.3) is 5.70 Å². The Morgan fingerprint density at radius 2 is 2.25 bits per heavy atom. The lowest BCUT2D eigenvalue weighted by Gasteiger charge is -2.16. The Kier molecular flexibility index (Phi) is 1.54. The van der Waals surface area contributed by atoms with E-state index in [1.807, 2.05) is 6.08 Å². The van der Waals surface area contributed by atoms with Crippen LogP contribution in [0.1, 0.15) is 6.42 Å². The molecular formula is C8H6ClNO2. The molecule has 3 aliphatic carbocycles. The third-order valence-corrected chi connectivity index (χ3v) is 2.34. The van der Waals surface area contributed by atoms with Crippen LogP contribution in [0.15, 0.2) is 34.5 Å². The maximum Gasteiger partial charge on any atom is 0.287 e. The Balaban J connectivity index is 2.43. The molecule has 2 bridgehead atoms. The van der Waals surface area contributed by atoms with Crippen molar-refractivity contribution in [3.05, 3.63) is 44.6 Å². The lowest BCUT2D eigenvalue weighted by Crippen LogP contribution is -2.03. The Morgan fingerprint density at radius 1 is 1.58 bits per heavy atom. The second-order valence-electron chi connectivity index (χ2n) is 2.91. The van der Waals surface area contributed by atoms with Gasteiger partial charge in [0.2, 0.25) is 0 Å². The van der Waals surface area contributed by atoms with Gasteiger partial charge in [0.1, 0.15) is 5.03 Å². The number of nitrogens with zero attached hydrogens (tertiary/aromatic N) is 1. The zero-order chi connectivity index (χ0) is 8.72. The highest BCUT2D eigenvalue weighted by molar-refractivity contribution is 6.31. The highest BCUT2D eigenvalue weighted by Crippen LogP contribution is 2.36. The second kappa shape index (κ2) is 2.45. The van der Waals surface area contributed by atoms with Gasteiger partial charge in [-0.3, -0.25) is 10.1 Å². The summed E-state index contributed by atoms with van der Waals surface area (Å²) < 4.78 is 0. The van der Waals surface area contributed by atoms with Crippen LogP contribution in [0.2, 0.25) is 0 Å². The van der Waals surface area contributed by atoms with Gasteiger partial charge in [-0.15, -0.1) is 0 Å². The lowest BCUT2D eigenvalue weighted by atomic mass is 9.88. The minimum absolute atomic E-state index is 0.0166. The fourth-order valence-electron chi connectivity index (χ4n) is 1.39. The van der Waals surface area contributed by atoms with E-state index in [-0.39, 0.29) is 10.7 Å². The number of allylic oxidation sites excluding steroid dienone is 5.